The summed E-state index contributed by atoms with van der Waals surface area (Å²) >= 11 is 0. The number of aliphatic hydroxyl groups excluding tert-OH is 6. The van der Waals surface area contributed by atoms with Gasteiger partial charge >= 0.3 is 0 Å². The molecule has 0 radical (unpaired) electrons. The fourth-order valence-electron chi connectivity index (χ4n) is 5.52. The van der Waals surface area contributed by atoms with Crippen LogP contribution in [0.5, 0.6) is 0 Å². The minimum Gasteiger partial charge on any atom is -0.407 e. The summed E-state index contributed by atoms with van der Waals surface area (Å²) in [5.74, 6) is 0. The first-order chi connectivity index (χ1) is 19.5. The maximum Gasteiger partial charge on any atom is 0.261 e. The second-order valence-electron chi connectivity index (χ2n) is 12.4. The average molecular weight is 591 g/mol. The average Bonchev–Trinajstić information content (AvgIpc) is 2.95. The van der Waals surface area contributed by atoms with Crippen LogP contribution in [0.15, 0.2) is 60.7 Å². The van der Waals surface area contributed by atoms with Gasteiger partial charge in [-0.25, -0.2) is 0 Å². The van der Waals surface area contributed by atoms with Crippen LogP contribution in [-0.2, 0) is 4.43 Å². The van der Waals surface area contributed by atoms with Gasteiger partial charge in [-0.1, -0.05) is 81.4 Å². The molecule has 41 heavy (non-hydrogen) atoms. The summed E-state index contributed by atoms with van der Waals surface area (Å²) in [6, 6.07) is 20.8. The monoisotopic (exact) mass is 590 g/mol. The Morgan fingerprint density at radius 2 is 0.854 bits per heavy atom. The molecule has 0 aliphatic heterocycles. The van der Waals surface area contributed by atoms with E-state index in [1.165, 1.54) is 10.4 Å². The Bertz CT molecular complexity index is 898. The second kappa shape index (κ2) is 18.1. The quantitative estimate of drug-likeness (QED) is 0.131. The molecular weight excluding hydrogens is 536 g/mol. The van der Waals surface area contributed by atoms with E-state index in [2.05, 4.69) is 69.3 Å². The molecule has 6 N–H and O–H groups in total. The maximum atomic E-state index is 10.7. The zero-order chi connectivity index (χ0) is 30.3. The lowest BCUT2D eigenvalue weighted by atomic mass is 9.98. The van der Waals surface area contributed by atoms with Crippen LogP contribution in [0.3, 0.4) is 0 Å². The lowest BCUT2D eigenvalue weighted by Crippen LogP contribution is -2.66. The summed E-state index contributed by atoms with van der Waals surface area (Å²) in [6.07, 6.45) is 1.17. The lowest BCUT2D eigenvalue weighted by molar-refractivity contribution is 0.0641. The Morgan fingerprint density at radius 1 is 0.537 bits per heavy atom. The van der Waals surface area contributed by atoms with Crippen molar-refractivity contribution in [1.29, 1.82) is 0 Å². The Morgan fingerprint density at radius 3 is 1.17 bits per heavy atom. The molecule has 0 spiro atoms. The normalized spacial score (nSPS) is 16.2. The highest BCUT2D eigenvalue weighted by Crippen LogP contribution is 2.36. The molecule has 232 valence electrons. The summed E-state index contributed by atoms with van der Waals surface area (Å²) in [7, 11) is -2.65. The minimum absolute atomic E-state index is 0.0783. The Labute approximate surface area is 248 Å². The fraction of sp³-hybridized carbons (Fsp3) is 0.636. The highest BCUT2D eigenvalue weighted by molar-refractivity contribution is 6.99. The number of benzene rings is 2. The van der Waals surface area contributed by atoms with Crippen LogP contribution in [-0.4, -0.2) is 82.7 Å². The van der Waals surface area contributed by atoms with Crippen LogP contribution >= 0.6 is 0 Å². The molecule has 0 saturated carbocycles. The van der Waals surface area contributed by atoms with Gasteiger partial charge in [-0.3, -0.25) is 0 Å². The first kappa shape index (κ1) is 35.6. The second-order valence-corrected chi connectivity index (χ2v) is 16.7. The number of aliphatic hydroxyl groups is 6. The molecule has 0 aliphatic rings. The Hall–Kier alpha value is -1.62. The number of rotatable bonds is 20. The lowest BCUT2D eigenvalue weighted by Gasteiger charge is -2.43. The molecule has 0 heterocycles. The van der Waals surface area contributed by atoms with Crippen LogP contribution in [0.2, 0.25) is 5.04 Å². The molecule has 0 bridgehead atoms. The zero-order valence-electron chi connectivity index (χ0n) is 25.2. The van der Waals surface area contributed by atoms with Gasteiger partial charge in [-0.15, -0.1) is 0 Å². The van der Waals surface area contributed by atoms with Crippen molar-refractivity contribution < 1.29 is 35.1 Å². The van der Waals surface area contributed by atoms with Crippen molar-refractivity contribution in [2.45, 2.75) is 121 Å². The van der Waals surface area contributed by atoms with Gasteiger partial charge < -0.3 is 35.1 Å². The van der Waals surface area contributed by atoms with Gasteiger partial charge in [0.05, 0.1) is 30.5 Å². The van der Waals surface area contributed by atoms with E-state index >= 15 is 0 Å². The third kappa shape index (κ3) is 11.9. The maximum absolute atomic E-state index is 10.7. The fourth-order valence-corrected chi connectivity index (χ4v) is 10.1. The molecule has 0 fully saturated rings. The van der Waals surface area contributed by atoms with Gasteiger partial charge in [0.15, 0.2) is 0 Å². The summed E-state index contributed by atoms with van der Waals surface area (Å²) in [5, 5.41) is 62.2. The van der Waals surface area contributed by atoms with Gasteiger partial charge in [0, 0.05) is 13.2 Å². The van der Waals surface area contributed by atoms with Gasteiger partial charge in [0.2, 0.25) is 0 Å². The van der Waals surface area contributed by atoms with Crippen molar-refractivity contribution in [1.82, 2.24) is 0 Å². The first-order valence-electron chi connectivity index (χ1n) is 15.3. The van der Waals surface area contributed by atoms with Gasteiger partial charge in [-0.2, -0.15) is 0 Å². The van der Waals surface area contributed by atoms with Crippen LogP contribution in [0.25, 0.3) is 0 Å². The van der Waals surface area contributed by atoms with Crippen LogP contribution < -0.4 is 10.4 Å². The smallest absolute Gasteiger partial charge is 0.261 e. The third-order valence-electron chi connectivity index (χ3n) is 7.98. The van der Waals surface area contributed by atoms with Crippen molar-refractivity contribution in [2.24, 2.45) is 0 Å². The van der Waals surface area contributed by atoms with E-state index in [0.29, 0.717) is 70.8 Å². The minimum atomic E-state index is -2.65. The van der Waals surface area contributed by atoms with Gasteiger partial charge in [-0.05, 0) is 79.6 Å². The standard InChI is InChI=1S/C33H54O7Si/c1-33(2,3)41(31-10-6-4-7-11-31,32-12-8-5-9-13-32)40-25-23-30(39)21-19-28(37)17-15-26(35)14-16-27(36)18-20-29(38)22-24-34/h4-13,26-30,34-39H,14-25H2,1-3H3. The van der Waals surface area contributed by atoms with E-state index in [1.807, 2.05) is 12.1 Å². The number of hydrogen-bond acceptors (Lipinski definition) is 7. The molecule has 2 aromatic carbocycles. The van der Waals surface area contributed by atoms with E-state index in [1.54, 1.807) is 0 Å². The molecule has 8 heteroatoms. The van der Waals surface area contributed by atoms with Crippen molar-refractivity contribution in [3.8, 4) is 0 Å². The van der Waals surface area contributed by atoms with Crippen LogP contribution in [0.4, 0.5) is 0 Å². The Kier molecular flexibility index (Phi) is 15.7. The molecule has 7 nitrogen and oxygen atoms in total. The molecule has 2 aromatic rings. The summed E-state index contributed by atoms with van der Waals surface area (Å²) in [4.78, 5) is 0. The summed E-state index contributed by atoms with van der Waals surface area (Å²) < 4.78 is 6.85. The molecule has 0 aliphatic carbocycles. The van der Waals surface area contributed by atoms with Crippen LogP contribution in [0.1, 0.15) is 85.0 Å². The molecule has 5 unspecified atom stereocenters. The number of hydrogen-bond donors (Lipinski definition) is 6. The highest BCUT2D eigenvalue weighted by Gasteiger charge is 2.50. The molecular formula is C33H54O7Si. The van der Waals surface area contributed by atoms with E-state index in [4.69, 9.17) is 9.53 Å². The van der Waals surface area contributed by atoms with E-state index < -0.39 is 38.8 Å². The van der Waals surface area contributed by atoms with Crippen molar-refractivity contribution >= 4 is 18.7 Å². The van der Waals surface area contributed by atoms with Gasteiger partial charge in [0.1, 0.15) is 0 Å². The third-order valence-corrected chi connectivity index (χ3v) is 13.0. The molecule has 0 amide bonds. The van der Waals surface area contributed by atoms with Crippen molar-refractivity contribution in [3.05, 3.63) is 60.7 Å². The Balaban J connectivity index is 1.79. The van der Waals surface area contributed by atoms with E-state index in [-0.39, 0.29) is 11.6 Å². The van der Waals surface area contributed by atoms with Crippen molar-refractivity contribution in [3.63, 3.8) is 0 Å². The van der Waals surface area contributed by atoms with Crippen molar-refractivity contribution in [2.75, 3.05) is 13.2 Å². The van der Waals surface area contributed by atoms with Crippen LogP contribution in [0, 0.1) is 0 Å². The molecule has 0 saturated heterocycles. The zero-order valence-corrected chi connectivity index (χ0v) is 26.2. The largest absolute Gasteiger partial charge is 0.407 e. The first-order valence-corrected chi connectivity index (χ1v) is 17.2. The predicted octanol–water partition coefficient (Wildman–Crippen LogP) is 3.26. The SMILES string of the molecule is CC(C)(C)[Si](OCCC(O)CCC(O)CCC(O)CCC(O)CCC(O)CCO)(c1ccccc1)c1ccccc1. The van der Waals surface area contributed by atoms with Gasteiger partial charge in [0.25, 0.3) is 8.32 Å². The molecule has 2 rings (SSSR count). The molecule has 5 atom stereocenters. The topological polar surface area (TPSA) is 131 Å². The highest BCUT2D eigenvalue weighted by atomic mass is 28.4. The summed E-state index contributed by atoms with van der Waals surface area (Å²) in [6.45, 7) is 7.02. The summed E-state index contributed by atoms with van der Waals surface area (Å²) in [5.41, 5.74) is 0. The predicted molar refractivity (Wildman–Crippen MR) is 167 cm³/mol. The molecule has 0 aromatic heterocycles. The van der Waals surface area contributed by atoms with E-state index in [0.717, 1.165) is 0 Å². The van der Waals surface area contributed by atoms with E-state index in [9.17, 15) is 25.5 Å².